The Labute approximate surface area is 118 Å². The summed E-state index contributed by atoms with van der Waals surface area (Å²) in [5, 5.41) is 13.2. The van der Waals surface area contributed by atoms with Gasteiger partial charge in [-0.1, -0.05) is 6.07 Å². The molecule has 3 N–H and O–H groups in total. The van der Waals surface area contributed by atoms with E-state index in [0.29, 0.717) is 5.75 Å². The Morgan fingerprint density at radius 1 is 1.40 bits per heavy atom. The third-order valence-electron chi connectivity index (χ3n) is 2.41. The molecule has 2 amide bonds. The quantitative estimate of drug-likeness (QED) is 0.753. The number of aliphatic carboxylic acids is 1. The number of thioether (sulfide) groups is 1. The first kappa shape index (κ1) is 16.2. The second-order valence-electron chi connectivity index (χ2n) is 3.87. The fraction of sp³-hybridized carbons (Fsp3) is 0.333. The summed E-state index contributed by atoms with van der Waals surface area (Å²) in [4.78, 5) is 22.5. The van der Waals surface area contributed by atoms with Gasteiger partial charge in [-0.15, -0.1) is 0 Å². The van der Waals surface area contributed by atoms with E-state index in [0.717, 1.165) is 6.07 Å². The van der Waals surface area contributed by atoms with Gasteiger partial charge in [0.05, 0.1) is 5.69 Å². The Morgan fingerprint density at radius 2 is 2.10 bits per heavy atom. The number of amides is 2. The Morgan fingerprint density at radius 3 is 2.70 bits per heavy atom. The molecule has 20 heavy (non-hydrogen) atoms. The van der Waals surface area contributed by atoms with Crippen molar-refractivity contribution in [2.24, 2.45) is 0 Å². The number of carboxylic acids is 1. The maximum Gasteiger partial charge on any atom is 0.326 e. The van der Waals surface area contributed by atoms with E-state index in [-0.39, 0.29) is 12.1 Å². The summed E-state index contributed by atoms with van der Waals surface area (Å²) in [7, 11) is 0. The fourth-order valence-corrected chi connectivity index (χ4v) is 1.88. The number of nitrogens with one attached hydrogen (secondary N) is 2. The molecule has 5 nitrogen and oxygen atoms in total. The van der Waals surface area contributed by atoms with Crippen LogP contribution in [0.5, 0.6) is 0 Å². The zero-order chi connectivity index (χ0) is 15.1. The lowest BCUT2D eigenvalue weighted by atomic mass is 10.2. The summed E-state index contributed by atoms with van der Waals surface area (Å²) in [5.41, 5.74) is -0.350. The lowest BCUT2D eigenvalue weighted by Crippen LogP contribution is -2.43. The van der Waals surface area contributed by atoms with Crippen LogP contribution in [-0.2, 0) is 4.79 Å². The van der Waals surface area contributed by atoms with Gasteiger partial charge in [-0.05, 0) is 30.6 Å². The van der Waals surface area contributed by atoms with Gasteiger partial charge in [-0.3, -0.25) is 0 Å². The summed E-state index contributed by atoms with van der Waals surface area (Å²) in [6, 6.07) is 1.34. The summed E-state index contributed by atoms with van der Waals surface area (Å²) in [5.74, 6) is -2.93. The molecule has 0 aromatic heterocycles. The summed E-state index contributed by atoms with van der Waals surface area (Å²) in [6.07, 6.45) is 2.04. The number of benzene rings is 1. The van der Waals surface area contributed by atoms with Crippen LogP contribution in [0.3, 0.4) is 0 Å². The zero-order valence-electron chi connectivity index (χ0n) is 10.7. The highest BCUT2D eigenvalue weighted by atomic mass is 32.2. The number of hydrogen-bond donors (Lipinski definition) is 3. The van der Waals surface area contributed by atoms with Crippen molar-refractivity contribution in [1.29, 1.82) is 0 Å². The molecule has 0 radical (unpaired) electrons. The molecule has 0 aliphatic carbocycles. The van der Waals surface area contributed by atoms with E-state index in [1.807, 2.05) is 0 Å². The van der Waals surface area contributed by atoms with Crippen LogP contribution in [0, 0.1) is 11.6 Å². The Kier molecular flexibility index (Phi) is 6.23. The van der Waals surface area contributed by atoms with Crippen LogP contribution in [0.4, 0.5) is 19.3 Å². The van der Waals surface area contributed by atoms with E-state index >= 15 is 0 Å². The predicted octanol–water partition coefficient (Wildman–Crippen LogP) is 2.29. The van der Waals surface area contributed by atoms with Crippen molar-refractivity contribution >= 4 is 29.4 Å². The van der Waals surface area contributed by atoms with E-state index in [1.165, 1.54) is 23.9 Å². The number of halogens is 2. The van der Waals surface area contributed by atoms with Gasteiger partial charge in [0.25, 0.3) is 0 Å². The van der Waals surface area contributed by atoms with Crippen molar-refractivity contribution in [3.63, 3.8) is 0 Å². The molecule has 0 saturated carbocycles. The summed E-state index contributed by atoms with van der Waals surface area (Å²) >= 11 is 1.44. The molecule has 0 heterocycles. The highest BCUT2D eigenvalue weighted by Gasteiger charge is 2.20. The number of rotatable bonds is 6. The van der Waals surface area contributed by atoms with Crippen LogP contribution >= 0.6 is 11.8 Å². The molecule has 0 aliphatic rings. The number of carboxylic acid groups (broad SMARTS) is 1. The van der Waals surface area contributed by atoms with E-state index in [9.17, 15) is 18.4 Å². The molecule has 0 bridgehead atoms. The minimum Gasteiger partial charge on any atom is -0.480 e. The highest BCUT2D eigenvalue weighted by Crippen LogP contribution is 2.16. The van der Waals surface area contributed by atoms with Gasteiger partial charge in [-0.25, -0.2) is 18.4 Å². The van der Waals surface area contributed by atoms with Gasteiger partial charge < -0.3 is 15.7 Å². The number of carbonyl (C=O) groups excluding carboxylic acids is 1. The van der Waals surface area contributed by atoms with Crippen molar-refractivity contribution in [1.82, 2.24) is 5.32 Å². The monoisotopic (exact) mass is 304 g/mol. The summed E-state index contributed by atoms with van der Waals surface area (Å²) < 4.78 is 26.3. The Hall–Kier alpha value is -1.83. The summed E-state index contributed by atoms with van der Waals surface area (Å²) in [6.45, 7) is 0. The van der Waals surface area contributed by atoms with Crippen molar-refractivity contribution in [3.05, 3.63) is 29.8 Å². The van der Waals surface area contributed by atoms with Crippen LogP contribution < -0.4 is 10.6 Å². The number of hydrogen-bond acceptors (Lipinski definition) is 3. The van der Waals surface area contributed by atoms with Crippen molar-refractivity contribution in [3.8, 4) is 0 Å². The second-order valence-corrected chi connectivity index (χ2v) is 4.86. The molecular formula is C12H14F2N2O3S. The third-order valence-corrected chi connectivity index (χ3v) is 3.06. The van der Waals surface area contributed by atoms with Crippen LogP contribution in [0.2, 0.25) is 0 Å². The van der Waals surface area contributed by atoms with Gasteiger partial charge >= 0.3 is 12.0 Å². The largest absolute Gasteiger partial charge is 0.480 e. The van der Waals surface area contributed by atoms with E-state index in [1.54, 1.807) is 6.26 Å². The molecule has 1 aromatic carbocycles. The normalized spacial score (nSPS) is 11.8. The molecule has 0 fully saturated rings. The molecule has 1 atom stereocenters. The van der Waals surface area contributed by atoms with Gasteiger partial charge in [0.2, 0.25) is 0 Å². The molecular weight excluding hydrogens is 290 g/mol. The SMILES string of the molecule is CSCCC(NC(=O)Nc1cccc(F)c1F)C(=O)O. The topological polar surface area (TPSA) is 78.4 Å². The molecule has 110 valence electrons. The zero-order valence-corrected chi connectivity index (χ0v) is 11.5. The average Bonchev–Trinajstić information content (AvgIpc) is 2.39. The lowest BCUT2D eigenvalue weighted by molar-refractivity contribution is -0.139. The molecule has 0 saturated heterocycles. The van der Waals surface area contributed by atoms with Crippen molar-refractivity contribution < 1.29 is 23.5 Å². The van der Waals surface area contributed by atoms with Gasteiger partial charge in [0.15, 0.2) is 11.6 Å². The first-order valence-corrected chi connectivity index (χ1v) is 7.08. The van der Waals surface area contributed by atoms with Crippen LogP contribution in [0.25, 0.3) is 0 Å². The average molecular weight is 304 g/mol. The first-order valence-electron chi connectivity index (χ1n) is 5.69. The maximum absolute atomic E-state index is 13.3. The standard InChI is InChI=1S/C12H14F2N2O3S/c1-20-6-5-9(11(17)18)16-12(19)15-8-4-2-3-7(13)10(8)14/h2-4,9H,5-6H2,1H3,(H,17,18)(H2,15,16,19). The minimum atomic E-state index is -1.20. The molecule has 0 spiro atoms. The fourth-order valence-electron chi connectivity index (χ4n) is 1.41. The van der Waals surface area contributed by atoms with Gasteiger partial charge in [0.1, 0.15) is 6.04 Å². The van der Waals surface area contributed by atoms with Gasteiger partial charge in [0, 0.05) is 0 Å². The highest BCUT2D eigenvalue weighted by molar-refractivity contribution is 7.98. The predicted molar refractivity (Wildman–Crippen MR) is 72.9 cm³/mol. The minimum absolute atomic E-state index is 0.232. The molecule has 8 heteroatoms. The number of urea groups is 1. The van der Waals surface area contributed by atoms with E-state index in [4.69, 9.17) is 5.11 Å². The first-order chi connectivity index (χ1) is 9.45. The Bertz CT molecular complexity index is 500. The molecule has 0 aliphatic heterocycles. The smallest absolute Gasteiger partial charge is 0.326 e. The van der Waals surface area contributed by atoms with Crippen LogP contribution in [0.1, 0.15) is 6.42 Å². The van der Waals surface area contributed by atoms with Crippen molar-refractivity contribution in [2.45, 2.75) is 12.5 Å². The molecule has 1 rings (SSSR count). The van der Waals surface area contributed by atoms with E-state index < -0.39 is 29.7 Å². The molecule has 1 aromatic rings. The number of anilines is 1. The van der Waals surface area contributed by atoms with Gasteiger partial charge in [-0.2, -0.15) is 11.8 Å². The Balaban J connectivity index is 2.66. The van der Waals surface area contributed by atoms with Crippen LogP contribution in [0.15, 0.2) is 18.2 Å². The third kappa shape index (κ3) is 4.69. The molecule has 1 unspecified atom stereocenters. The van der Waals surface area contributed by atoms with Crippen LogP contribution in [-0.4, -0.2) is 35.2 Å². The van der Waals surface area contributed by atoms with Crippen molar-refractivity contribution in [2.75, 3.05) is 17.3 Å². The van der Waals surface area contributed by atoms with E-state index in [2.05, 4.69) is 10.6 Å². The lowest BCUT2D eigenvalue weighted by Gasteiger charge is -2.15. The maximum atomic E-state index is 13.3. The second kappa shape index (κ2) is 7.68. The number of carbonyl (C=O) groups is 2.